The lowest BCUT2D eigenvalue weighted by molar-refractivity contribution is -0.124. The minimum absolute atomic E-state index is 0.0428. The average Bonchev–Trinajstić information content (AvgIpc) is 2.85. The van der Waals surface area contributed by atoms with Gasteiger partial charge in [-0.05, 0) is 49.6 Å². The Kier molecular flexibility index (Phi) is 5.54. The third-order valence-corrected chi connectivity index (χ3v) is 4.97. The summed E-state index contributed by atoms with van der Waals surface area (Å²) in [6.07, 6.45) is 3.33. The van der Waals surface area contributed by atoms with Crippen LogP contribution in [0.2, 0.25) is 0 Å². The van der Waals surface area contributed by atoms with E-state index in [4.69, 9.17) is 4.74 Å². The topological polar surface area (TPSA) is 38.3 Å². The van der Waals surface area contributed by atoms with Crippen molar-refractivity contribution in [2.45, 2.75) is 44.6 Å². The lowest BCUT2D eigenvalue weighted by Crippen LogP contribution is -2.53. The van der Waals surface area contributed by atoms with Crippen molar-refractivity contribution >= 4 is 17.2 Å². The number of nitrogens with one attached hydrogen (secondary N) is 1. The molecule has 0 unspecified atom stereocenters. The molecule has 0 bridgehead atoms. The predicted molar refractivity (Wildman–Crippen MR) is 78.9 cm³/mol. The Hall–Kier alpha value is -0.940. The molecule has 1 amide bonds. The summed E-state index contributed by atoms with van der Waals surface area (Å²) in [6.45, 7) is 2.63. The molecule has 5 heteroatoms. The second-order valence-corrected chi connectivity index (χ2v) is 6.46. The molecule has 2 rings (SSSR count). The van der Waals surface area contributed by atoms with Gasteiger partial charge in [0.15, 0.2) is 0 Å². The van der Waals surface area contributed by atoms with Crippen LogP contribution in [0.5, 0.6) is 0 Å². The zero-order valence-electron chi connectivity index (χ0n) is 11.9. The molecule has 0 saturated carbocycles. The van der Waals surface area contributed by atoms with Crippen molar-refractivity contribution in [2.75, 3.05) is 19.9 Å². The third-order valence-electron chi connectivity index (χ3n) is 3.89. The Balaban J connectivity index is 1.75. The van der Waals surface area contributed by atoms with E-state index < -0.39 is 12.2 Å². The first-order valence-electron chi connectivity index (χ1n) is 7.13. The van der Waals surface area contributed by atoms with Crippen LogP contribution in [0.3, 0.4) is 0 Å². The first-order chi connectivity index (χ1) is 9.65. The lowest BCUT2D eigenvalue weighted by atomic mass is 9.91. The average molecular weight is 299 g/mol. The highest BCUT2D eigenvalue weighted by molar-refractivity contribution is 7.10. The fourth-order valence-corrected chi connectivity index (χ4v) is 3.43. The summed E-state index contributed by atoms with van der Waals surface area (Å²) in [7, 11) is 0. The molecule has 0 atom stereocenters. The van der Waals surface area contributed by atoms with Crippen LogP contribution in [0.4, 0.5) is 4.39 Å². The lowest BCUT2D eigenvalue weighted by Gasteiger charge is -2.35. The molecule has 3 nitrogen and oxygen atoms in total. The van der Waals surface area contributed by atoms with Crippen LogP contribution >= 0.6 is 11.3 Å². The highest BCUT2D eigenvalue weighted by Gasteiger charge is 2.33. The van der Waals surface area contributed by atoms with Crippen LogP contribution in [-0.4, -0.2) is 31.3 Å². The summed E-state index contributed by atoms with van der Waals surface area (Å²) in [5.74, 6) is -0.0428. The molecule has 20 heavy (non-hydrogen) atoms. The van der Waals surface area contributed by atoms with Crippen molar-refractivity contribution in [2.24, 2.45) is 0 Å². The molecule has 1 aliphatic heterocycles. The van der Waals surface area contributed by atoms with E-state index in [1.165, 1.54) is 10.4 Å². The van der Waals surface area contributed by atoms with E-state index in [-0.39, 0.29) is 5.91 Å². The van der Waals surface area contributed by atoms with Gasteiger partial charge in [-0.1, -0.05) is 0 Å². The van der Waals surface area contributed by atoms with Gasteiger partial charge in [0, 0.05) is 24.5 Å². The summed E-state index contributed by atoms with van der Waals surface area (Å²) in [5.41, 5.74) is 0.605. The number of carbonyl (C=O) groups excluding carboxylic acids is 1. The molecular formula is C15H22FNO2S. The van der Waals surface area contributed by atoms with E-state index in [1.54, 1.807) is 11.3 Å². The zero-order chi connectivity index (χ0) is 14.4. The molecule has 0 radical (unpaired) electrons. The quantitative estimate of drug-likeness (QED) is 0.877. The number of hydrogen-bond acceptors (Lipinski definition) is 3. The standard InChI is InChI=1S/C15H22FNO2S/c1-12-5-10-20-13(12)3-2-4-14(18)17-15(11-16)6-8-19-9-7-15/h5,10H,2-4,6-9,11H2,1H3,(H,17,18). The van der Waals surface area contributed by atoms with E-state index in [1.807, 2.05) is 0 Å². The Morgan fingerprint density at radius 3 is 2.85 bits per heavy atom. The van der Waals surface area contributed by atoms with Crippen LogP contribution in [0, 0.1) is 6.92 Å². The van der Waals surface area contributed by atoms with Crippen LogP contribution in [0.1, 0.15) is 36.1 Å². The molecular weight excluding hydrogens is 277 g/mol. The van der Waals surface area contributed by atoms with E-state index in [0.29, 0.717) is 32.5 Å². The van der Waals surface area contributed by atoms with Gasteiger partial charge in [-0.25, -0.2) is 4.39 Å². The van der Waals surface area contributed by atoms with Gasteiger partial charge in [-0.3, -0.25) is 4.79 Å². The van der Waals surface area contributed by atoms with E-state index >= 15 is 0 Å². The maximum absolute atomic E-state index is 13.2. The second kappa shape index (κ2) is 7.18. The monoisotopic (exact) mass is 299 g/mol. The SMILES string of the molecule is Cc1ccsc1CCCC(=O)NC1(CF)CCOCC1. The maximum Gasteiger partial charge on any atom is 0.220 e. The van der Waals surface area contributed by atoms with Gasteiger partial charge in [0.25, 0.3) is 0 Å². The normalized spacial score (nSPS) is 17.9. The van der Waals surface area contributed by atoms with Gasteiger partial charge < -0.3 is 10.1 Å². The Labute approximate surface area is 123 Å². The number of carbonyl (C=O) groups is 1. The fourth-order valence-electron chi connectivity index (χ4n) is 2.48. The summed E-state index contributed by atoms with van der Waals surface area (Å²) >= 11 is 1.73. The summed E-state index contributed by atoms with van der Waals surface area (Å²) in [4.78, 5) is 13.3. The van der Waals surface area contributed by atoms with E-state index in [0.717, 1.165) is 12.8 Å². The van der Waals surface area contributed by atoms with Gasteiger partial charge in [0.1, 0.15) is 6.67 Å². The third kappa shape index (κ3) is 4.03. The summed E-state index contributed by atoms with van der Waals surface area (Å²) in [6, 6.07) is 2.10. The highest BCUT2D eigenvalue weighted by atomic mass is 32.1. The Morgan fingerprint density at radius 2 is 2.25 bits per heavy atom. The summed E-state index contributed by atoms with van der Waals surface area (Å²) in [5, 5.41) is 4.96. The van der Waals surface area contributed by atoms with Gasteiger partial charge >= 0.3 is 0 Å². The minimum atomic E-state index is -0.686. The van der Waals surface area contributed by atoms with Crippen molar-refractivity contribution in [1.82, 2.24) is 5.32 Å². The van der Waals surface area contributed by atoms with Crippen LogP contribution in [0.25, 0.3) is 0 Å². The predicted octanol–water partition coefficient (Wildman–Crippen LogP) is 3.01. The van der Waals surface area contributed by atoms with Gasteiger partial charge in [0.05, 0.1) is 5.54 Å². The fraction of sp³-hybridized carbons (Fsp3) is 0.667. The van der Waals surface area contributed by atoms with E-state index in [2.05, 4.69) is 23.7 Å². The number of aryl methyl sites for hydroxylation is 2. The van der Waals surface area contributed by atoms with Crippen molar-refractivity contribution in [1.29, 1.82) is 0 Å². The molecule has 1 saturated heterocycles. The number of amides is 1. The van der Waals surface area contributed by atoms with Gasteiger partial charge in [0.2, 0.25) is 5.91 Å². The number of rotatable bonds is 6. The number of alkyl halides is 1. The first-order valence-corrected chi connectivity index (χ1v) is 8.01. The van der Waals surface area contributed by atoms with E-state index in [9.17, 15) is 9.18 Å². The molecule has 0 spiro atoms. The highest BCUT2D eigenvalue weighted by Crippen LogP contribution is 2.22. The number of hydrogen-bond donors (Lipinski definition) is 1. The Bertz CT molecular complexity index is 441. The number of halogens is 1. The van der Waals surface area contributed by atoms with Crippen molar-refractivity contribution < 1.29 is 13.9 Å². The smallest absolute Gasteiger partial charge is 0.220 e. The molecule has 0 aromatic carbocycles. The maximum atomic E-state index is 13.2. The zero-order valence-corrected chi connectivity index (χ0v) is 12.7. The second-order valence-electron chi connectivity index (χ2n) is 5.45. The molecule has 1 aromatic rings. The van der Waals surface area contributed by atoms with Gasteiger partial charge in [-0.15, -0.1) is 11.3 Å². The van der Waals surface area contributed by atoms with Crippen molar-refractivity contribution in [3.8, 4) is 0 Å². The van der Waals surface area contributed by atoms with Crippen LogP contribution in [-0.2, 0) is 16.0 Å². The number of ether oxygens (including phenoxy) is 1. The molecule has 2 heterocycles. The number of thiophene rings is 1. The largest absolute Gasteiger partial charge is 0.381 e. The van der Waals surface area contributed by atoms with Crippen LogP contribution < -0.4 is 5.32 Å². The molecule has 0 aliphatic carbocycles. The Morgan fingerprint density at radius 1 is 1.50 bits per heavy atom. The molecule has 112 valence electrons. The molecule has 1 aromatic heterocycles. The first kappa shape index (κ1) is 15.4. The minimum Gasteiger partial charge on any atom is -0.381 e. The van der Waals surface area contributed by atoms with Crippen molar-refractivity contribution in [3.05, 3.63) is 21.9 Å². The van der Waals surface area contributed by atoms with Crippen LogP contribution in [0.15, 0.2) is 11.4 Å². The molecule has 1 fully saturated rings. The summed E-state index contributed by atoms with van der Waals surface area (Å²) < 4.78 is 18.5. The molecule has 1 N–H and O–H groups in total. The van der Waals surface area contributed by atoms with Gasteiger partial charge in [-0.2, -0.15) is 0 Å². The van der Waals surface area contributed by atoms with Crippen molar-refractivity contribution in [3.63, 3.8) is 0 Å². The molecule has 1 aliphatic rings.